The van der Waals surface area contributed by atoms with Crippen LogP contribution in [0.3, 0.4) is 0 Å². The van der Waals surface area contributed by atoms with Crippen LogP contribution >= 0.6 is 0 Å². The number of Topliss-reactive ketones (excluding diaryl/α,β-unsaturated/α-hetero) is 1. The highest BCUT2D eigenvalue weighted by Crippen LogP contribution is 2.31. The molecule has 0 saturated carbocycles. The summed E-state index contributed by atoms with van der Waals surface area (Å²) in [6.45, 7) is 5.38. The average Bonchev–Trinajstić information content (AvgIpc) is 2.61. The summed E-state index contributed by atoms with van der Waals surface area (Å²) in [5.41, 5.74) is -0.133. The molecule has 1 fully saturated rings. The van der Waals surface area contributed by atoms with Gasteiger partial charge in [-0.2, -0.15) is 0 Å². The number of hydrogen-bond acceptors (Lipinski definition) is 4. The lowest BCUT2D eigenvalue weighted by molar-refractivity contribution is -0.141. The first-order valence-electron chi connectivity index (χ1n) is 6.90. The van der Waals surface area contributed by atoms with E-state index in [9.17, 15) is 14.4 Å². The molecule has 1 heterocycles. The third-order valence-corrected chi connectivity index (χ3v) is 3.56. The van der Waals surface area contributed by atoms with E-state index in [4.69, 9.17) is 4.74 Å². The van der Waals surface area contributed by atoms with Crippen LogP contribution in [0.25, 0.3) is 0 Å². The van der Waals surface area contributed by atoms with Crippen molar-refractivity contribution < 1.29 is 19.1 Å². The third kappa shape index (κ3) is 3.12. The number of rotatable bonds is 5. The van der Waals surface area contributed by atoms with Crippen molar-refractivity contribution in [2.24, 2.45) is 5.41 Å². The van der Waals surface area contributed by atoms with Crippen LogP contribution in [0.1, 0.15) is 37.6 Å². The summed E-state index contributed by atoms with van der Waals surface area (Å²) in [4.78, 5) is 36.6. The number of nitrogens with zero attached hydrogens (tertiary/aromatic N) is 1. The molecule has 21 heavy (non-hydrogen) atoms. The van der Waals surface area contributed by atoms with Crippen LogP contribution in [0.2, 0.25) is 0 Å². The molecule has 0 radical (unpaired) electrons. The molecule has 0 spiro atoms. The molecule has 1 aliphatic heterocycles. The molecule has 0 aliphatic carbocycles. The topological polar surface area (TPSA) is 63.7 Å². The van der Waals surface area contributed by atoms with E-state index in [2.05, 4.69) is 0 Å². The van der Waals surface area contributed by atoms with Crippen LogP contribution in [0.5, 0.6) is 5.75 Å². The molecule has 112 valence electrons. The van der Waals surface area contributed by atoms with E-state index in [1.54, 1.807) is 38.1 Å². The van der Waals surface area contributed by atoms with E-state index in [1.807, 2.05) is 0 Å². The van der Waals surface area contributed by atoms with Crippen LogP contribution in [-0.4, -0.2) is 35.6 Å². The van der Waals surface area contributed by atoms with E-state index >= 15 is 0 Å². The molecule has 2 rings (SSSR count). The number of carbonyl (C=O) groups is 3. The number of ether oxygens (including phenoxy) is 1. The lowest BCUT2D eigenvalue weighted by atomic mass is 9.92. The Morgan fingerprint density at radius 2 is 1.95 bits per heavy atom. The number of hydrogen-bond donors (Lipinski definition) is 0. The van der Waals surface area contributed by atoms with Crippen LogP contribution in [-0.2, 0) is 9.59 Å². The molecule has 5 nitrogen and oxygen atoms in total. The molecule has 1 aromatic rings. The smallest absolute Gasteiger partial charge is 0.235 e. The largest absolute Gasteiger partial charge is 0.491 e. The number of amides is 2. The van der Waals surface area contributed by atoms with Crippen molar-refractivity contribution in [1.82, 2.24) is 4.90 Å². The van der Waals surface area contributed by atoms with Crippen LogP contribution in [0.4, 0.5) is 0 Å². The van der Waals surface area contributed by atoms with E-state index in [-0.39, 0.29) is 37.2 Å². The van der Waals surface area contributed by atoms with Crippen molar-refractivity contribution in [2.45, 2.75) is 27.2 Å². The van der Waals surface area contributed by atoms with Gasteiger partial charge in [-0.15, -0.1) is 0 Å². The van der Waals surface area contributed by atoms with Gasteiger partial charge >= 0.3 is 0 Å². The van der Waals surface area contributed by atoms with Gasteiger partial charge in [0.15, 0.2) is 5.78 Å². The average molecular weight is 289 g/mol. The number of ketones is 1. The number of likely N-dealkylation sites (tertiary alicyclic amines) is 1. The molecule has 1 saturated heterocycles. The molecule has 0 bridgehead atoms. The highest BCUT2D eigenvalue weighted by molar-refractivity contribution is 6.05. The summed E-state index contributed by atoms with van der Waals surface area (Å²) in [6, 6.07) is 6.93. The summed E-state index contributed by atoms with van der Waals surface area (Å²) in [5, 5.41) is 0. The Hall–Kier alpha value is -2.17. The van der Waals surface area contributed by atoms with Crippen molar-refractivity contribution in [3.05, 3.63) is 29.8 Å². The first-order valence-corrected chi connectivity index (χ1v) is 6.90. The fraction of sp³-hybridized carbons (Fsp3) is 0.438. The number of para-hydroxylation sites is 1. The number of imide groups is 1. The van der Waals surface area contributed by atoms with Gasteiger partial charge in [0.1, 0.15) is 12.4 Å². The second-order valence-electron chi connectivity index (χ2n) is 5.81. The Labute approximate surface area is 123 Å². The van der Waals surface area contributed by atoms with Crippen molar-refractivity contribution in [3.63, 3.8) is 0 Å². The highest BCUT2D eigenvalue weighted by atomic mass is 16.5. The molecule has 0 atom stereocenters. The molecule has 1 aromatic carbocycles. The summed E-state index contributed by atoms with van der Waals surface area (Å²) >= 11 is 0. The monoisotopic (exact) mass is 289 g/mol. The van der Waals surface area contributed by atoms with Gasteiger partial charge in [0.25, 0.3) is 0 Å². The van der Waals surface area contributed by atoms with E-state index in [0.717, 1.165) is 0 Å². The van der Waals surface area contributed by atoms with Crippen molar-refractivity contribution in [3.8, 4) is 5.75 Å². The first kappa shape index (κ1) is 15.2. The third-order valence-electron chi connectivity index (χ3n) is 3.56. The Kier molecular flexibility index (Phi) is 4.11. The van der Waals surface area contributed by atoms with Gasteiger partial charge in [0, 0.05) is 6.42 Å². The normalized spacial score (nSPS) is 17.2. The minimum atomic E-state index is -0.631. The van der Waals surface area contributed by atoms with Gasteiger partial charge < -0.3 is 4.74 Å². The second kappa shape index (κ2) is 5.68. The summed E-state index contributed by atoms with van der Waals surface area (Å²) in [7, 11) is 0. The fourth-order valence-corrected chi connectivity index (χ4v) is 2.38. The van der Waals surface area contributed by atoms with Gasteiger partial charge in [0.2, 0.25) is 11.8 Å². The quantitative estimate of drug-likeness (QED) is 0.615. The molecular formula is C16H19NO4. The van der Waals surface area contributed by atoms with Crippen molar-refractivity contribution in [2.75, 3.05) is 13.2 Å². The first-order chi connectivity index (χ1) is 9.83. The number of carbonyl (C=O) groups excluding carboxylic acids is 3. The zero-order valence-electron chi connectivity index (χ0n) is 12.5. The van der Waals surface area contributed by atoms with E-state index in [1.165, 1.54) is 11.8 Å². The Bertz CT molecular complexity index is 592. The van der Waals surface area contributed by atoms with E-state index < -0.39 is 5.41 Å². The molecule has 2 amide bonds. The van der Waals surface area contributed by atoms with Crippen molar-refractivity contribution >= 4 is 17.6 Å². The lowest BCUT2D eigenvalue weighted by Crippen LogP contribution is -2.36. The summed E-state index contributed by atoms with van der Waals surface area (Å²) in [5.74, 6) is 0.0489. The van der Waals surface area contributed by atoms with Crippen LogP contribution < -0.4 is 4.74 Å². The highest BCUT2D eigenvalue weighted by Gasteiger charge is 2.44. The molecule has 5 heteroatoms. The van der Waals surface area contributed by atoms with Gasteiger partial charge in [-0.3, -0.25) is 19.3 Å². The van der Waals surface area contributed by atoms with Gasteiger partial charge in [0.05, 0.1) is 17.5 Å². The van der Waals surface area contributed by atoms with Crippen LogP contribution in [0, 0.1) is 5.41 Å². The Morgan fingerprint density at radius 3 is 2.52 bits per heavy atom. The van der Waals surface area contributed by atoms with Gasteiger partial charge in [-0.05, 0) is 19.1 Å². The lowest BCUT2D eigenvalue weighted by Gasteiger charge is -2.18. The van der Waals surface area contributed by atoms with Crippen molar-refractivity contribution in [1.29, 1.82) is 0 Å². The van der Waals surface area contributed by atoms with Gasteiger partial charge in [-0.25, -0.2) is 0 Å². The zero-order valence-corrected chi connectivity index (χ0v) is 12.5. The molecule has 0 aromatic heterocycles. The van der Waals surface area contributed by atoms with Gasteiger partial charge in [-0.1, -0.05) is 26.0 Å². The molecule has 0 N–H and O–H groups in total. The minimum absolute atomic E-state index is 0.0833. The maximum Gasteiger partial charge on any atom is 0.235 e. The molecule has 0 unspecified atom stereocenters. The Balaban J connectivity index is 1.98. The number of benzene rings is 1. The minimum Gasteiger partial charge on any atom is -0.491 e. The Morgan fingerprint density at radius 1 is 1.29 bits per heavy atom. The predicted octanol–water partition coefficient (Wildman–Crippen LogP) is 2.05. The summed E-state index contributed by atoms with van der Waals surface area (Å²) in [6.07, 6.45) is 0.232. The zero-order chi connectivity index (χ0) is 15.6. The second-order valence-corrected chi connectivity index (χ2v) is 5.81. The summed E-state index contributed by atoms with van der Waals surface area (Å²) < 4.78 is 5.56. The maximum atomic E-state index is 12.1. The molecular weight excluding hydrogens is 270 g/mol. The van der Waals surface area contributed by atoms with E-state index in [0.29, 0.717) is 11.3 Å². The molecule has 1 aliphatic rings. The van der Waals surface area contributed by atoms with Crippen LogP contribution in [0.15, 0.2) is 24.3 Å². The maximum absolute atomic E-state index is 12.1. The standard InChI is InChI=1S/C16H19NO4/c1-11(18)12-6-4-5-7-13(12)21-9-8-17-14(19)10-16(2,3)15(17)20/h4-7H,8-10H2,1-3H3. The predicted molar refractivity (Wildman–Crippen MR) is 77.1 cm³/mol. The SMILES string of the molecule is CC(=O)c1ccccc1OCCN1C(=O)CC(C)(C)C1=O. The fourth-order valence-electron chi connectivity index (χ4n) is 2.38.